The lowest BCUT2D eigenvalue weighted by molar-refractivity contribution is 0.194. The second kappa shape index (κ2) is 9.61. The molecule has 0 saturated carbocycles. The maximum Gasteiger partial charge on any atom is 0.187 e. The highest BCUT2D eigenvalue weighted by Gasteiger charge is 2.26. The summed E-state index contributed by atoms with van der Waals surface area (Å²) < 4.78 is 2.18. The van der Waals surface area contributed by atoms with Crippen LogP contribution in [0.2, 0.25) is 0 Å². The SMILES string of the molecule is CCCSc1ncc(CN2CCCC(c3nnc(CN(C)C)n3C)C2)cn1. The average Bonchev–Trinajstić information content (AvgIpc) is 3.01. The van der Waals surface area contributed by atoms with Gasteiger partial charge in [-0.05, 0) is 39.9 Å². The summed E-state index contributed by atoms with van der Waals surface area (Å²) in [5.74, 6) is 3.65. The third-order valence-electron chi connectivity index (χ3n) is 4.85. The third-order valence-corrected chi connectivity index (χ3v) is 5.93. The van der Waals surface area contributed by atoms with Gasteiger partial charge in [-0.2, -0.15) is 0 Å². The summed E-state index contributed by atoms with van der Waals surface area (Å²) in [5, 5.41) is 9.79. The normalized spacial score (nSPS) is 18.3. The molecule has 0 amide bonds. The Labute approximate surface area is 166 Å². The van der Waals surface area contributed by atoms with E-state index in [1.54, 1.807) is 11.8 Å². The van der Waals surface area contributed by atoms with Crippen LogP contribution in [0.1, 0.15) is 49.3 Å². The van der Waals surface area contributed by atoms with E-state index in [4.69, 9.17) is 0 Å². The molecule has 0 aromatic carbocycles. The van der Waals surface area contributed by atoms with E-state index in [0.29, 0.717) is 5.92 Å². The second-order valence-corrected chi connectivity index (χ2v) is 8.63. The van der Waals surface area contributed by atoms with E-state index in [1.807, 2.05) is 12.4 Å². The molecule has 1 fully saturated rings. The minimum absolute atomic E-state index is 0.437. The maximum atomic E-state index is 4.51. The molecule has 8 heteroatoms. The smallest absolute Gasteiger partial charge is 0.187 e. The van der Waals surface area contributed by atoms with Crippen LogP contribution < -0.4 is 0 Å². The molecule has 0 N–H and O–H groups in total. The van der Waals surface area contributed by atoms with Crippen LogP contribution in [0, 0.1) is 0 Å². The van der Waals surface area contributed by atoms with Gasteiger partial charge < -0.3 is 9.47 Å². The molecule has 148 valence electrons. The average molecular weight is 390 g/mol. The van der Waals surface area contributed by atoms with Gasteiger partial charge in [0.15, 0.2) is 5.16 Å². The Morgan fingerprint density at radius 3 is 2.70 bits per heavy atom. The minimum Gasteiger partial charge on any atom is -0.317 e. The molecule has 3 heterocycles. The van der Waals surface area contributed by atoms with Crippen LogP contribution in [0.25, 0.3) is 0 Å². The number of rotatable bonds is 8. The van der Waals surface area contributed by atoms with Gasteiger partial charge in [-0.3, -0.25) is 4.90 Å². The molecule has 0 aliphatic carbocycles. The van der Waals surface area contributed by atoms with Gasteiger partial charge in [-0.15, -0.1) is 10.2 Å². The fourth-order valence-corrected chi connectivity index (χ4v) is 4.15. The summed E-state index contributed by atoms with van der Waals surface area (Å²) in [6.45, 7) is 6.03. The molecule has 7 nitrogen and oxygen atoms in total. The van der Waals surface area contributed by atoms with E-state index in [0.717, 1.165) is 55.2 Å². The largest absolute Gasteiger partial charge is 0.317 e. The predicted molar refractivity (Wildman–Crippen MR) is 109 cm³/mol. The molecule has 2 aromatic heterocycles. The lowest BCUT2D eigenvalue weighted by Gasteiger charge is -2.32. The number of nitrogens with zero attached hydrogens (tertiary/aromatic N) is 7. The maximum absolute atomic E-state index is 4.51. The lowest BCUT2D eigenvalue weighted by atomic mass is 9.97. The molecule has 1 aliphatic heterocycles. The van der Waals surface area contributed by atoms with Crippen molar-refractivity contribution in [3.63, 3.8) is 0 Å². The fraction of sp³-hybridized carbons (Fsp3) is 0.684. The first kappa shape index (κ1) is 20.2. The first-order valence-electron chi connectivity index (χ1n) is 9.75. The van der Waals surface area contributed by atoms with Crippen molar-refractivity contribution in [2.24, 2.45) is 7.05 Å². The van der Waals surface area contributed by atoms with Crippen molar-refractivity contribution in [3.05, 3.63) is 29.6 Å². The van der Waals surface area contributed by atoms with Crippen LogP contribution in [0.4, 0.5) is 0 Å². The zero-order valence-corrected chi connectivity index (χ0v) is 17.7. The number of aromatic nitrogens is 5. The van der Waals surface area contributed by atoms with Gasteiger partial charge in [0.05, 0.1) is 6.54 Å². The Bertz CT molecular complexity index is 713. The molecule has 3 rings (SSSR count). The summed E-state index contributed by atoms with van der Waals surface area (Å²) in [6.07, 6.45) is 7.46. The number of piperidine rings is 1. The molecule has 27 heavy (non-hydrogen) atoms. The molecular formula is C19H31N7S. The Morgan fingerprint density at radius 1 is 1.22 bits per heavy atom. The molecule has 1 aliphatic rings. The van der Waals surface area contributed by atoms with Crippen molar-refractivity contribution in [2.75, 3.05) is 32.9 Å². The first-order valence-corrected chi connectivity index (χ1v) is 10.7. The van der Waals surface area contributed by atoms with E-state index in [9.17, 15) is 0 Å². The number of likely N-dealkylation sites (tertiary alicyclic amines) is 1. The second-order valence-electron chi connectivity index (χ2n) is 7.57. The minimum atomic E-state index is 0.437. The monoisotopic (exact) mass is 389 g/mol. The number of hydrogen-bond donors (Lipinski definition) is 0. The van der Waals surface area contributed by atoms with Crippen LogP contribution in [-0.4, -0.2) is 67.5 Å². The summed E-state index contributed by atoms with van der Waals surface area (Å²) in [6, 6.07) is 0. The highest BCUT2D eigenvalue weighted by Crippen LogP contribution is 2.27. The van der Waals surface area contributed by atoms with E-state index < -0.39 is 0 Å². The van der Waals surface area contributed by atoms with E-state index in [-0.39, 0.29) is 0 Å². The zero-order valence-electron chi connectivity index (χ0n) is 16.9. The quantitative estimate of drug-likeness (QED) is 0.508. The fourth-order valence-electron chi connectivity index (χ4n) is 3.51. The Hall–Kier alpha value is -1.51. The van der Waals surface area contributed by atoms with Crippen molar-refractivity contribution in [2.45, 2.75) is 50.4 Å². The van der Waals surface area contributed by atoms with E-state index in [2.05, 4.69) is 62.6 Å². The van der Waals surface area contributed by atoms with Crippen molar-refractivity contribution < 1.29 is 0 Å². The zero-order chi connectivity index (χ0) is 19.2. The lowest BCUT2D eigenvalue weighted by Crippen LogP contribution is -2.35. The highest BCUT2D eigenvalue weighted by atomic mass is 32.2. The molecule has 0 bridgehead atoms. The third kappa shape index (κ3) is 5.49. The van der Waals surface area contributed by atoms with Gasteiger partial charge in [-0.1, -0.05) is 18.7 Å². The Balaban J connectivity index is 1.60. The standard InChI is InChI=1S/C19H31N7S/c1-5-9-27-19-20-10-15(11-21-19)12-26-8-6-7-16(13-26)18-23-22-17(25(18)4)14-24(2)3/h10-11,16H,5-9,12-14H2,1-4H3. The van der Waals surface area contributed by atoms with Crippen molar-refractivity contribution >= 4 is 11.8 Å². The summed E-state index contributed by atoms with van der Waals surface area (Å²) in [5.41, 5.74) is 1.18. The molecule has 1 atom stereocenters. The highest BCUT2D eigenvalue weighted by molar-refractivity contribution is 7.99. The van der Waals surface area contributed by atoms with E-state index in [1.165, 1.54) is 18.4 Å². The van der Waals surface area contributed by atoms with Crippen LogP contribution in [0.15, 0.2) is 17.6 Å². The first-order chi connectivity index (χ1) is 13.1. The van der Waals surface area contributed by atoms with Crippen molar-refractivity contribution in [1.29, 1.82) is 0 Å². The van der Waals surface area contributed by atoms with Gasteiger partial charge in [0, 0.05) is 49.8 Å². The van der Waals surface area contributed by atoms with Crippen LogP contribution in [0.3, 0.4) is 0 Å². The summed E-state index contributed by atoms with van der Waals surface area (Å²) >= 11 is 1.72. The van der Waals surface area contributed by atoms with Crippen molar-refractivity contribution in [3.8, 4) is 0 Å². The van der Waals surface area contributed by atoms with E-state index >= 15 is 0 Å². The number of thioether (sulfide) groups is 1. The molecule has 0 spiro atoms. The molecular weight excluding hydrogens is 358 g/mol. The van der Waals surface area contributed by atoms with Gasteiger partial charge in [0.25, 0.3) is 0 Å². The summed E-state index contributed by atoms with van der Waals surface area (Å²) in [7, 11) is 6.21. The Morgan fingerprint density at radius 2 is 2.00 bits per heavy atom. The van der Waals surface area contributed by atoms with Gasteiger partial charge in [0.2, 0.25) is 0 Å². The van der Waals surface area contributed by atoms with Crippen LogP contribution >= 0.6 is 11.8 Å². The topological polar surface area (TPSA) is 63.0 Å². The molecule has 0 radical (unpaired) electrons. The van der Waals surface area contributed by atoms with Crippen LogP contribution in [0.5, 0.6) is 0 Å². The van der Waals surface area contributed by atoms with Gasteiger partial charge >= 0.3 is 0 Å². The van der Waals surface area contributed by atoms with Crippen LogP contribution in [-0.2, 0) is 20.1 Å². The van der Waals surface area contributed by atoms with Crippen molar-refractivity contribution in [1.82, 2.24) is 34.5 Å². The Kier molecular flexibility index (Phi) is 7.20. The molecule has 1 saturated heterocycles. The van der Waals surface area contributed by atoms with Gasteiger partial charge in [0.1, 0.15) is 11.6 Å². The van der Waals surface area contributed by atoms with Gasteiger partial charge in [-0.25, -0.2) is 9.97 Å². The predicted octanol–water partition coefficient (Wildman–Crippen LogP) is 2.55. The number of hydrogen-bond acceptors (Lipinski definition) is 7. The molecule has 2 aromatic rings. The summed E-state index contributed by atoms with van der Waals surface area (Å²) in [4.78, 5) is 13.6. The molecule has 1 unspecified atom stereocenters.